The van der Waals surface area contributed by atoms with E-state index in [4.69, 9.17) is 0 Å². The van der Waals surface area contributed by atoms with Gasteiger partial charge in [-0.05, 0) is 73.2 Å². The number of hydrogen-bond donors (Lipinski definition) is 1. The number of fused-ring (bicyclic) bond motifs is 1. The molecule has 0 radical (unpaired) electrons. The summed E-state index contributed by atoms with van der Waals surface area (Å²) in [6.07, 6.45) is 1.62. The first-order valence-electron chi connectivity index (χ1n) is 12.7. The normalized spacial score (nSPS) is 23.1. The lowest BCUT2D eigenvalue weighted by Crippen LogP contribution is -2.67. The summed E-state index contributed by atoms with van der Waals surface area (Å²) in [5.41, 5.74) is 3.38. The molecule has 2 aliphatic rings. The third-order valence-electron chi connectivity index (χ3n) is 7.99. The Morgan fingerprint density at radius 2 is 1.65 bits per heavy atom. The van der Waals surface area contributed by atoms with Crippen molar-refractivity contribution in [2.45, 2.75) is 49.6 Å². The first-order chi connectivity index (χ1) is 17.7. The van der Waals surface area contributed by atoms with Crippen LogP contribution in [0.5, 0.6) is 0 Å². The maximum absolute atomic E-state index is 14.1. The number of rotatable bonds is 5. The van der Waals surface area contributed by atoms with Crippen LogP contribution in [0.3, 0.4) is 0 Å². The van der Waals surface area contributed by atoms with Crippen molar-refractivity contribution in [2.24, 2.45) is 0 Å². The minimum Gasteiger partial charge on any atom is -0.395 e. The van der Waals surface area contributed by atoms with Crippen LogP contribution in [0.15, 0.2) is 65.6 Å². The van der Waals surface area contributed by atoms with Crippen molar-refractivity contribution < 1.29 is 22.3 Å². The summed E-state index contributed by atoms with van der Waals surface area (Å²) >= 11 is 0. The fourth-order valence-corrected chi connectivity index (χ4v) is 7.68. The van der Waals surface area contributed by atoms with Crippen molar-refractivity contribution in [3.63, 3.8) is 0 Å². The molecule has 2 heterocycles. The number of nitrogens with zero attached hydrogens (tertiary/aromatic N) is 2. The summed E-state index contributed by atoms with van der Waals surface area (Å²) in [6.45, 7) is 4.99. The van der Waals surface area contributed by atoms with Crippen molar-refractivity contribution in [3.05, 3.63) is 89.0 Å². The highest BCUT2D eigenvalue weighted by Gasteiger charge is 2.50. The number of sulfonamides is 1. The molecule has 1 N–H and O–H groups in total. The zero-order valence-electron chi connectivity index (χ0n) is 21.1. The highest BCUT2D eigenvalue weighted by atomic mass is 32.2. The first-order valence-corrected chi connectivity index (χ1v) is 14.2. The topological polar surface area (TPSA) is 60.9 Å². The Morgan fingerprint density at radius 3 is 2.35 bits per heavy atom. The number of aliphatic hydroxyl groups excluding tert-OH is 1. The standard InChI is InChI=1S/C29H32F2N2O3S/c1-19-7-3-4-8-27(19)37(35,36)32-15-5-6-16-33-25(17-32)28(26(33)18-34)22-11-9-21(10-12-22)23-13-14-24(30)29(31)20(23)2/h3-4,7-14,25-26,28,34H,5-6,15-18H2,1-2H3/t25?,26-,28+/m1/s1. The average Bonchev–Trinajstić information content (AvgIpc) is 2.87. The van der Waals surface area contributed by atoms with Crippen LogP contribution in [0.2, 0.25) is 0 Å². The van der Waals surface area contributed by atoms with Crippen molar-refractivity contribution >= 4 is 10.0 Å². The fraction of sp³-hybridized carbons (Fsp3) is 0.379. The summed E-state index contributed by atoms with van der Waals surface area (Å²) in [5, 5.41) is 10.2. The largest absolute Gasteiger partial charge is 0.395 e. The molecule has 2 fully saturated rings. The first kappa shape index (κ1) is 26.0. The van der Waals surface area contributed by atoms with Crippen molar-refractivity contribution in [1.29, 1.82) is 0 Å². The predicted molar refractivity (Wildman–Crippen MR) is 140 cm³/mol. The molecule has 3 aromatic rings. The van der Waals surface area contributed by atoms with Gasteiger partial charge >= 0.3 is 0 Å². The van der Waals surface area contributed by atoms with E-state index in [1.165, 1.54) is 0 Å². The third-order valence-corrected chi connectivity index (χ3v) is 10.0. The summed E-state index contributed by atoms with van der Waals surface area (Å²) in [4.78, 5) is 2.57. The van der Waals surface area contributed by atoms with Crippen LogP contribution in [0.1, 0.15) is 35.4 Å². The molecule has 0 bridgehead atoms. The molecular formula is C29H32F2N2O3S. The molecule has 2 aliphatic heterocycles. The Balaban J connectivity index is 1.44. The SMILES string of the molecule is Cc1ccccc1S(=O)(=O)N1CCCCN2C(C1)[C@H](c1ccc(-c3ccc(F)c(F)c3C)cc1)[C@H]2CO. The van der Waals surface area contributed by atoms with Gasteiger partial charge in [-0.2, -0.15) is 4.31 Å². The third kappa shape index (κ3) is 4.61. The molecule has 0 saturated carbocycles. The second-order valence-corrected chi connectivity index (χ2v) is 12.0. The van der Waals surface area contributed by atoms with E-state index in [2.05, 4.69) is 4.90 Å². The molecule has 196 valence electrons. The lowest BCUT2D eigenvalue weighted by Gasteiger charge is -2.57. The maximum Gasteiger partial charge on any atom is 0.243 e. The van der Waals surface area contributed by atoms with Gasteiger partial charge in [0.25, 0.3) is 0 Å². The highest BCUT2D eigenvalue weighted by molar-refractivity contribution is 7.89. The molecule has 8 heteroatoms. The second-order valence-electron chi connectivity index (χ2n) is 10.1. The summed E-state index contributed by atoms with van der Waals surface area (Å²) < 4.78 is 56.6. The van der Waals surface area contributed by atoms with Crippen LogP contribution in [0, 0.1) is 25.5 Å². The molecule has 0 spiro atoms. The average molecular weight is 527 g/mol. The second kappa shape index (κ2) is 10.3. The van der Waals surface area contributed by atoms with Crippen LogP contribution in [0.25, 0.3) is 11.1 Å². The number of hydrogen-bond acceptors (Lipinski definition) is 4. The van der Waals surface area contributed by atoms with Gasteiger partial charge in [0.2, 0.25) is 10.0 Å². The minimum atomic E-state index is -3.66. The number of halogens is 2. The van der Waals surface area contributed by atoms with E-state index in [9.17, 15) is 22.3 Å². The lowest BCUT2D eigenvalue weighted by atomic mass is 9.74. The van der Waals surface area contributed by atoms with E-state index < -0.39 is 21.7 Å². The number of aryl methyl sites for hydroxylation is 1. The molecule has 2 saturated heterocycles. The van der Waals surface area contributed by atoms with E-state index in [1.54, 1.807) is 29.4 Å². The Bertz CT molecular complexity index is 1390. The number of benzene rings is 3. The van der Waals surface area contributed by atoms with E-state index in [-0.39, 0.29) is 30.2 Å². The molecule has 5 nitrogen and oxygen atoms in total. The van der Waals surface area contributed by atoms with Crippen LogP contribution >= 0.6 is 0 Å². The Morgan fingerprint density at radius 1 is 0.946 bits per heavy atom. The molecular weight excluding hydrogens is 494 g/mol. The van der Waals surface area contributed by atoms with Gasteiger partial charge in [0, 0.05) is 31.1 Å². The van der Waals surface area contributed by atoms with Gasteiger partial charge in [-0.3, -0.25) is 4.90 Å². The molecule has 0 aliphatic carbocycles. The maximum atomic E-state index is 14.1. The van der Waals surface area contributed by atoms with E-state index >= 15 is 0 Å². The fourth-order valence-electron chi connectivity index (χ4n) is 5.96. The van der Waals surface area contributed by atoms with E-state index in [0.29, 0.717) is 23.5 Å². The van der Waals surface area contributed by atoms with Crippen molar-refractivity contribution in [2.75, 3.05) is 26.2 Å². The summed E-state index contributed by atoms with van der Waals surface area (Å²) in [5.74, 6) is -1.76. The van der Waals surface area contributed by atoms with Gasteiger partial charge in [0.05, 0.1) is 11.5 Å². The Hall–Kier alpha value is -2.65. The molecule has 1 unspecified atom stereocenters. The summed E-state index contributed by atoms with van der Waals surface area (Å²) in [7, 11) is -3.66. The van der Waals surface area contributed by atoms with Gasteiger partial charge in [-0.1, -0.05) is 48.5 Å². The van der Waals surface area contributed by atoms with Gasteiger partial charge in [-0.15, -0.1) is 0 Å². The van der Waals surface area contributed by atoms with Crippen molar-refractivity contribution in [1.82, 2.24) is 9.21 Å². The molecule has 0 aromatic heterocycles. The molecule has 3 aromatic carbocycles. The van der Waals surface area contributed by atoms with Gasteiger partial charge in [-0.25, -0.2) is 17.2 Å². The van der Waals surface area contributed by atoms with Crippen LogP contribution in [-0.2, 0) is 10.0 Å². The molecule has 37 heavy (non-hydrogen) atoms. The monoisotopic (exact) mass is 526 g/mol. The zero-order chi connectivity index (χ0) is 26.3. The predicted octanol–water partition coefficient (Wildman–Crippen LogP) is 4.86. The minimum absolute atomic E-state index is 0.0181. The Kier molecular flexibility index (Phi) is 7.20. The Labute approximate surface area is 217 Å². The smallest absolute Gasteiger partial charge is 0.243 e. The van der Waals surface area contributed by atoms with E-state index in [1.807, 2.05) is 43.3 Å². The molecule has 3 atom stereocenters. The molecule has 0 amide bonds. The van der Waals surface area contributed by atoms with Crippen LogP contribution in [-0.4, -0.2) is 61.1 Å². The lowest BCUT2D eigenvalue weighted by molar-refractivity contribution is -0.0553. The van der Waals surface area contributed by atoms with Crippen LogP contribution < -0.4 is 0 Å². The molecule has 5 rings (SSSR count). The highest BCUT2D eigenvalue weighted by Crippen LogP contribution is 2.43. The number of aliphatic hydroxyl groups is 1. The van der Waals surface area contributed by atoms with E-state index in [0.717, 1.165) is 42.1 Å². The van der Waals surface area contributed by atoms with Gasteiger partial charge in [0.15, 0.2) is 11.6 Å². The van der Waals surface area contributed by atoms with Gasteiger partial charge < -0.3 is 5.11 Å². The van der Waals surface area contributed by atoms with Crippen molar-refractivity contribution in [3.8, 4) is 11.1 Å². The zero-order valence-corrected chi connectivity index (χ0v) is 21.9. The van der Waals surface area contributed by atoms with Crippen LogP contribution in [0.4, 0.5) is 8.78 Å². The quantitative estimate of drug-likeness (QED) is 0.516. The van der Waals surface area contributed by atoms with Gasteiger partial charge in [0.1, 0.15) is 0 Å². The summed E-state index contributed by atoms with van der Waals surface area (Å²) in [6, 6.07) is 17.3.